The van der Waals surface area contributed by atoms with E-state index < -0.39 is 18.0 Å². The Labute approximate surface area is 126 Å². The third-order valence-corrected chi connectivity index (χ3v) is 3.63. The molecule has 7 nitrogen and oxygen atoms in total. The van der Waals surface area contributed by atoms with Gasteiger partial charge in [0.2, 0.25) is 0 Å². The summed E-state index contributed by atoms with van der Waals surface area (Å²) in [5, 5.41) is 26.2. The van der Waals surface area contributed by atoms with Crippen molar-refractivity contribution in [3.63, 3.8) is 0 Å². The van der Waals surface area contributed by atoms with Gasteiger partial charge in [-0.25, -0.2) is 4.98 Å². The van der Waals surface area contributed by atoms with E-state index in [0.29, 0.717) is 18.0 Å². The second kappa shape index (κ2) is 7.80. The molecule has 0 aliphatic carbocycles. The van der Waals surface area contributed by atoms with Crippen molar-refractivity contribution in [3.05, 3.63) is 22.8 Å². The predicted molar refractivity (Wildman–Crippen MR) is 76.6 cm³/mol. The van der Waals surface area contributed by atoms with E-state index in [9.17, 15) is 9.90 Å². The van der Waals surface area contributed by atoms with Crippen LogP contribution >= 0.6 is 11.6 Å². The zero-order chi connectivity index (χ0) is 16.0. The Balaban J connectivity index is 0.000000677. The van der Waals surface area contributed by atoms with Gasteiger partial charge in [0.25, 0.3) is 6.47 Å². The van der Waals surface area contributed by atoms with Gasteiger partial charge in [0.1, 0.15) is 5.82 Å². The number of nitrogens with zero attached hydrogens (tertiary/aromatic N) is 2. The molecule has 0 unspecified atom stereocenters. The van der Waals surface area contributed by atoms with Crippen LogP contribution < -0.4 is 4.90 Å². The largest absolute Gasteiger partial charge is 0.483 e. The van der Waals surface area contributed by atoms with Crippen molar-refractivity contribution in [2.45, 2.75) is 19.4 Å². The summed E-state index contributed by atoms with van der Waals surface area (Å²) >= 11 is 5.90. The molecule has 0 bridgehead atoms. The number of aliphatic hydroxyl groups is 1. The lowest BCUT2D eigenvalue weighted by Gasteiger charge is -2.34. The second-order valence-corrected chi connectivity index (χ2v) is 5.00. The third-order valence-electron chi connectivity index (χ3n) is 3.23. The number of anilines is 1. The first-order chi connectivity index (χ1) is 9.90. The van der Waals surface area contributed by atoms with Gasteiger partial charge in [0.05, 0.1) is 22.7 Å². The quantitative estimate of drug-likeness (QED) is 0.698. The Bertz CT molecular complexity index is 511. The van der Waals surface area contributed by atoms with Gasteiger partial charge in [-0.2, -0.15) is 0 Å². The summed E-state index contributed by atoms with van der Waals surface area (Å²) in [6, 6.07) is 3.54. The summed E-state index contributed by atoms with van der Waals surface area (Å²) in [6.45, 7) is 2.42. The van der Waals surface area contributed by atoms with Crippen LogP contribution in [0.2, 0.25) is 5.02 Å². The normalized spacial score (nSPS) is 21.2. The smallest absolute Gasteiger partial charge is 0.309 e. The summed E-state index contributed by atoms with van der Waals surface area (Å²) < 4.78 is 0. The molecule has 3 N–H and O–H groups in total. The molecule has 0 aromatic carbocycles. The van der Waals surface area contributed by atoms with Gasteiger partial charge in [-0.05, 0) is 25.5 Å². The highest BCUT2D eigenvalue weighted by Gasteiger charge is 2.33. The van der Waals surface area contributed by atoms with Crippen LogP contribution in [-0.4, -0.2) is 51.9 Å². The fourth-order valence-electron chi connectivity index (χ4n) is 2.13. The molecule has 1 aromatic rings. The highest BCUT2D eigenvalue weighted by molar-refractivity contribution is 6.31. The van der Waals surface area contributed by atoms with E-state index in [1.807, 2.05) is 11.8 Å². The summed E-state index contributed by atoms with van der Waals surface area (Å²) in [5.74, 6) is -0.906. The first-order valence-electron chi connectivity index (χ1n) is 6.27. The SMILES string of the molecule is Cc1nc(N2CC[C@H](C(=O)O)[C@H](O)C2)ccc1Cl.O=CO. The molecular formula is C13H17ClN2O5. The van der Waals surface area contributed by atoms with Gasteiger partial charge in [-0.3, -0.25) is 9.59 Å². The van der Waals surface area contributed by atoms with E-state index in [0.717, 1.165) is 11.5 Å². The molecule has 2 atom stereocenters. The molecule has 1 saturated heterocycles. The van der Waals surface area contributed by atoms with E-state index in [-0.39, 0.29) is 13.0 Å². The summed E-state index contributed by atoms with van der Waals surface area (Å²) in [5.41, 5.74) is 0.726. The number of hydrogen-bond donors (Lipinski definition) is 3. The molecule has 1 aliphatic heterocycles. The van der Waals surface area contributed by atoms with Gasteiger partial charge in [0.15, 0.2) is 0 Å². The van der Waals surface area contributed by atoms with Gasteiger partial charge in [0, 0.05) is 13.1 Å². The Kier molecular flexibility index (Phi) is 6.39. The number of aryl methyl sites for hydroxylation is 1. The van der Waals surface area contributed by atoms with Crippen LogP contribution in [0.4, 0.5) is 5.82 Å². The standard InChI is InChI=1S/C12H15ClN2O3.CH2O2/c1-7-9(13)2-3-11(14-7)15-5-4-8(12(17)18)10(16)6-15;2-1-3/h2-3,8,10,16H,4-6H2,1H3,(H,17,18);1H,(H,2,3)/t8-,10+;/m0./s1. The molecule has 1 fully saturated rings. The minimum atomic E-state index is -0.942. The number of hydrogen-bond acceptors (Lipinski definition) is 5. The number of aliphatic hydroxyl groups excluding tert-OH is 1. The number of pyridine rings is 1. The highest BCUT2D eigenvalue weighted by Crippen LogP contribution is 2.24. The summed E-state index contributed by atoms with van der Waals surface area (Å²) in [4.78, 5) is 25.5. The average Bonchev–Trinajstić information content (AvgIpc) is 2.42. The van der Waals surface area contributed by atoms with Crippen LogP contribution in [0.5, 0.6) is 0 Å². The molecule has 0 radical (unpaired) electrons. The first-order valence-corrected chi connectivity index (χ1v) is 6.65. The molecule has 1 aliphatic rings. The number of rotatable bonds is 2. The first kappa shape index (κ1) is 17.2. The fourth-order valence-corrected chi connectivity index (χ4v) is 2.24. The third kappa shape index (κ3) is 4.57. The van der Waals surface area contributed by atoms with Crippen LogP contribution in [0, 0.1) is 12.8 Å². The second-order valence-electron chi connectivity index (χ2n) is 4.59. The lowest BCUT2D eigenvalue weighted by Crippen LogP contribution is -2.46. The van der Waals surface area contributed by atoms with E-state index >= 15 is 0 Å². The number of carboxylic acid groups (broad SMARTS) is 2. The molecule has 2 heterocycles. The topological polar surface area (TPSA) is 111 Å². The van der Waals surface area contributed by atoms with Crippen molar-refractivity contribution in [1.29, 1.82) is 0 Å². The zero-order valence-corrected chi connectivity index (χ0v) is 12.2. The number of aromatic nitrogens is 1. The molecule has 0 spiro atoms. The predicted octanol–water partition coefficient (Wildman–Crippen LogP) is 1.02. The van der Waals surface area contributed by atoms with Gasteiger partial charge in [-0.1, -0.05) is 11.6 Å². The van der Waals surface area contributed by atoms with Crippen molar-refractivity contribution in [1.82, 2.24) is 4.98 Å². The van der Waals surface area contributed by atoms with Crippen LogP contribution in [0.25, 0.3) is 0 Å². The molecule has 21 heavy (non-hydrogen) atoms. The average molecular weight is 317 g/mol. The molecule has 0 saturated carbocycles. The van der Waals surface area contributed by atoms with Crippen molar-refractivity contribution in [2.75, 3.05) is 18.0 Å². The molecule has 116 valence electrons. The van der Waals surface area contributed by atoms with Gasteiger partial charge < -0.3 is 20.2 Å². The number of β-amino-alcohol motifs (C(OH)–C–C–N with tert-alkyl or cyclic N) is 1. The summed E-state index contributed by atoms with van der Waals surface area (Å²) in [6.07, 6.45) is -0.450. The van der Waals surface area contributed by atoms with Crippen LogP contribution in [0.1, 0.15) is 12.1 Å². The lowest BCUT2D eigenvalue weighted by atomic mass is 9.94. The number of aliphatic carboxylic acids is 1. The molecule has 1 aromatic heterocycles. The van der Waals surface area contributed by atoms with E-state index in [1.165, 1.54) is 0 Å². The maximum atomic E-state index is 10.9. The van der Waals surface area contributed by atoms with Crippen LogP contribution in [0.3, 0.4) is 0 Å². The Hall–Kier alpha value is -1.86. The summed E-state index contributed by atoms with van der Waals surface area (Å²) in [7, 11) is 0. The van der Waals surface area contributed by atoms with E-state index in [2.05, 4.69) is 4.98 Å². The minimum Gasteiger partial charge on any atom is -0.483 e. The number of carbonyl (C=O) groups is 2. The van der Waals surface area contributed by atoms with Crippen molar-refractivity contribution >= 4 is 29.9 Å². The van der Waals surface area contributed by atoms with Crippen molar-refractivity contribution < 1.29 is 24.9 Å². The van der Waals surface area contributed by atoms with E-state index in [1.54, 1.807) is 12.1 Å². The molecule has 2 rings (SSSR count). The zero-order valence-electron chi connectivity index (χ0n) is 11.4. The number of halogens is 1. The number of piperidine rings is 1. The molecular weight excluding hydrogens is 300 g/mol. The number of carboxylic acids is 1. The minimum absolute atomic E-state index is 0.250. The maximum absolute atomic E-state index is 10.9. The maximum Gasteiger partial charge on any atom is 0.309 e. The molecule has 8 heteroatoms. The van der Waals surface area contributed by atoms with Gasteiger partial charge in [-0.15, -0.1) is 0 Å². The van der Waals surface area contributed by atoms with Gasteiger partial charge >= 0.3 is 5.97 Å². The fraction of sp³-hybridized carbons (Fsp3) is 0.462. The molecule has 0 amide bonds. The Morgan fingerprint density at radius 2 is 2.14 bits per heavy atom. The van der Waals surface area contributed by atoms with Crippen LogP contribution in [-0.2, 0) is 9.59 Å². The van der Waals surface area contributed by atoms with E-state index in [4.69, 9.17) is 26.6 Å². The monoisotopic (exact) mass is 316 g/mol. The highest BCUT2D eigenvalue weighted by atomic mass is 35.5. The lowest BCUT2D eigenvalue weighted by molar-refractivity contribution is -0.146. The Morgan fingerprint density at radius 3 is 2.62 bits per heavy atom. The van der Waals surface area contributed by atoms with Crippen molar-refractivity contribution in [2.24, 2.45) is 5.92 Å². The van der Waals surface area contributed by atoms with Crippen molar-refractivity contribution in [3.8, 4) is 0 Å². The van der Waals surface area contributed by atoms with Crippen LogP contribution in [0.15, 0.2) is 12.1 Å². The Morgan fingerprint density at radius 1 is 1.52 bits per heavy atom.